The normalized spacial score (nSPS) is 9.56. The van der Waals surface area contributed by atoms with Crippen LogP contribution in [0.4, 0.5) is 11.4 Å². The Bertz CT molecular complexity index is 559. The van der Waals surface area contributed by atoms with Gasteiger partial charge < -0.3 is 21.7 Å². The van der Waals surface area contributed by atoms with E-state index >= 15 is 0 Å². The predicted molar refractivity (Wildman–Crippen MR) is 71.0 cm³/mol. The fourth-order valence-electron chi connectivity index (χ4n) is 1.56. The molecule has 0 amide bonds. The summed E-state index contributed by atoms with van der Waals surface area (Å²) in [4.78, 5) is 0. The van der Waals surface area contributed by atoms with E-state index in [2.05, 4.69) is 11.8 Å². The second kappa shape index (κ2) is 4.60. The van der Waals surface area contributed by atoms with Crippen LogP contribution >= 0.6 is 0 Å². The van der Waals surface area contributed by atoms with E-state index < -0.39 is 0 Å². The van der Waals surface area contributed by atoms with Crippen LogP contribution in [0.3, 0.4) is 0 Å². The summed E-state index contributed by atoms with van der Waals surface area (Å²) in [5.41, 5.74) is 13.2. The number of nitrogens with two attached hydrogens (primary N) is 2. The minimum Gasteiger partial charge on any atom is -0.508 e. The number of phenols is 2. The Hall–Kier alpha value is -2.80. The lowest BCUT2D eigenvalue weighted by atomic mass is 10.1. The summed E-state index contributed by atoms with van der Waals surface area (Å²) in [6.07, 6.45) is 0. The Labute approximate surface area is 104 Å². The van der Waals surface area contributed by atoms with Crippen LogP contribution in [0.15, 0.2) is 36.4 Å². The molecule has 0 atom stereocenters. The second-order valence-corrected chi connectivity index (χ2v) is 3.88. The highest BCUT2D eigenvalue weighted by atomic mass is 16.3. The molecule has 0 aliphatic heterocycles. The Kier molecular flexibility index (Phi) is 2.98. The third kappa shape index (κ3) is 2.86. The minimum absolute atomic E-state index is 0.0646. The van der Waals surface area contributed by atoms with Gasteiger partial charge in [-0.3, -0.25) is 0 Å². The lowest BCUT2D eigenvalue weighted by Gasteiger charge is -1.98. The summed E-state index contributed by atoms with van der Waals surface area (Å²) < 4.78 is 0. The van der Waals surface area contributed by atoms with Gasteiger partial charge in [0.25, 0.3) is 0 Å². The van der Waals surface area contributed by atoms with Crippen molar-refractivity contribution in [3.8, 4) is 23.3 Å². The molecule has 4 heteroatoms. The largest absolute Gasteiger partial charge is 0.508 e. The Balaban J connectivity index is 2.36. The number of hydrogen-bond acceptors (Lipinski definition) is 4. The van der Waals surface area contributed by atoms with Crippen LogP contribution in [0.25, 0.3) is 0 Å². The maximum Gasteiger partial charge on any atom is 0.118 e. The van der Waals surface area contributed by atoms with Crippen LogP contribution in [-0.2, 0) is 0 Å². The molecule has 0 fully saturated rings. The van der Waals surface area contributed by atoms with E-state index in [1.165, 1.54) is 24.3 Å². The van der Waals surface area contributed by atoms with Gasteiger partial charge in [0, 0.05) is 34.6 Å². The van der Waals surface area contributed by atoms with E-state index in [0.717, 1.165) is 0 Å². The molecule has 6 N–H and O–H groups in total. The van der Waals surface area contributed by atoms with Crippen molar-refractivity contribution in [2.75, 3.05) is 11.5 Å². The maximum atomic E-state index is 9.37. The van der Waals surface area contributed by atoms with E-state index in [0.29, 0.717) is 22.5 Å². The molecule has 0 aliphatic rings. The molecule has 2 aromatic rings. The van der Waals surface area contributed by atoms with Crippen LogP contribution in [0.5, 0.6) is 11.5 Å². The summed E-state index contributed by atoms with van der Waals surface area (Å²) in [5, 5.41) is 18.7. The molecule has 2 aromatic carbocycles. The van der Waals surface area contributed by atoms with Crippen molar-refractivity contribution in [3.05, 3.63) is 47.5 Å². The first-order valence-corrected chi connectivity index (χ1v) is 5.24. The molecule has 0 unspecified atom stereocenters. The van der Waals surface area contributed by atoms with Crippen molar-refractivity contribution in [1.82, 2.24) is 0 Å². The summed E-state index contributed by atoms with van der Waals surface area (Å²) in [7, 11) is 0. The highest BCUT2D eigenvalue weighted by molar-refractivity contribution is 5.56. The van der Waals surface area contributed by atoms with Crippen molar-refractivity contribution >= 4 is 11.4 Å². The summed E-state index contributed by atoms with van der Waals surface area (Å²) in [6.45, 7) is 0. The van der Waals surface area contributed by atoms with Gasteiger partial charge in [0.1, 0.15) is 11.5 Å². The minimum atomic E-state index is 0.0646. The smallest absolute Gasteiger partial charge is 0.118 e. The number of rotatable bonds is 0. The molecule has 18 heavy (non-hydrogen) atoms. The van der Waals surface area contributed by atoms with Crippen molar-refractivity contribution < 1.29 is 10.2 Å². The first-order valence-electron chi connectivity index (χ1n) is 5.24. The quantitative estimate of drug-likeness (QED) is 0.416. The molecule has 90 valence electrons. The SMILES string of the molecule is Nc1cc(O)cc(C#Cc2cc(N)cc(O)c2)c1. The van der Waals surface area contributed by atoms with E-state index in [1.54, 1.807) is 12.1 Å². The van der Waals surface area contributed by atoms with E-state index in [4.69, 9.17) is 11.5 Å². The van der Waals surface area contributed by atoms with E-state index in [1.807, 2.05) is 0 Å². The average molecular weight is 240 g/mol. The van der Waals surface area contributed by atoms with Crippen LogP contribution in [0.1, 0.15) is 11.1 Å². The monoisotopic (exact) mass is 240 g/mol. The van der Waals surface area contributed by atoms with Crippen LogP contribution in [0, 0.1) is 11.8 Å². The van der Waals surface area contributed by atoms with Gasteiger partial charge in [-0.1, -0.05) is 11.8 Å². The lowest BCUT2D eigenvalue weighted by Crippen LogP contribution is -1.87. The molecule has 0 spiro atoms. The van der Waals surface area contributed by atoms with Crippen molar-refractivity contribution in [3.63, 3.8) is 0 Å². The Morgan fingerprint density at radius 1 is 0.667 bits per heavy atom. The molecule has 0 heterocycles. The Morgan fingerprint density at radius 3 is 1.39 bits per heavy atom. The van der Waals surface area contributed by atoms with Crippen LogP contribution in [0.2, 0.25) is 0 Å². The summed E-state index contributed by atoms with van der Waals surface area (Å²) >= 11 is 0. The number of aromatic hydroxyl groups is 2. The van der Waals surface area contributed by atoms with Gasteiger partial charge in [0.05, 0.1) is 0 Å². The Morgan fingerprint density at radius 2 is 1.06 bits per heavy atom. The van der Waals surface area contributed by atoms with E-state index in [-0.39, 0.29) is 11.5 Å². The fraction of sp³-hybridized carbons (Fsp3) is 0. The van der Waals surface area contributed by atoms with Gasteiger partial charge in [-0.05, 0) is 24.3 Å². The first kappa shape index (κ1) is 11.7. The van der Waals surface area contributed by atoms with Crippen molar-refractivity contribution in [2.45, 2.75) is 0 Å². The number of hydrogen-bond donors (Lipinski definition) is 4. The zero-order chi connectivity index (χ0) is 13.1. The second-order valence-electron chi connectivity index (χ2n) is 3.88. The molecule has 0 saturated carbocycles. The van der Waals surface area contributed by atoms with Crippen molar-refractivity contribution in [1.29, 1.82) is 0 Å². The highest BCUT2D eigenvalue weighted by Crippen LogP contribution is 2.18. The third-order valence-electron chi connectivity index (χ3n) is 2.23. The molecule has 0 bridgehead atoms. The number of nitrogen functional groups attached to an aromatic ring is 2. The van der Waals surface area contributed by atoms with Gasteiger partial charge in [0.15, 0.2) is 0 Å². The number of benzene rings is 2. The van der Waals surface area contributed by atoms with Gasteiger partial charge in [-0.15, -0.1) is 0 Å². The number of anilines is 2. The molecule has 0 aliphatic carbocycles. The molecule has 0 radical (unpaired) electrons. The number of phenolic OH excluding ortho intramolecular Hbond substituents is 2. The molecular weight excluding hydrogens is 228 g/mol. The van der Waals surface area contributed by atoms with Gasteiger partial charge in [-0.25, -0.2) is 0 Å². The maximum absolute atomic E-state index is 9.37. The molecule has 0 saturated heterocycles. The van der Waals surface area contributed by atoms with Gasteiger partial charge in [0.2, 0.25) is 0 Å². The summed E-state index contributed by atoms with van der Waals surface area (Å²) in [6, 6.07) is 9.21. The van der Waals surface area contributed by atoms with Crippen LogP contribution < -0.4 is 11.5 Å². The third-order valence-corrected chi connectivity index (χ3v) is 2.23. The fourth-order valence-corrected chi connectivity index (χ4v) is 1.56. The molecular formula is C14H12N2O2. The first-order chi connectivity index (χ1) is 8.52. The zero-order valence-corrected chi connectivity index (χ0v) is 9.51. The average Bonchev–Trinajstić information content (AvgIpc) is 2.23. The standard InChI is InChI=1S/C14H12N2O2/c15-11-3-9(5-13(17)7-11)1-2-10-4-12(16)8-14(18)6-10/h3-8,17-18H,15-16H2. The van der Waals surface area contributed by atoms with Gasteiger partial charge >= 0.3 is 0 Å². The predicted octanol–water partition coefficient (Wildman–Crippen LogP) is 1.66. The molecule has 0 aromatic heterocycles. The van der Waals surface area contributed by atoms with E-state index in [9.17, 15) is 10.2 Å². The molecule has 4 nitrogen and oxygen atoms in total. The molecule has 2 rings (SSSR count). The van der Waals surface area contributed by atoms with Crippen molar-refractivity contribution in [2.24, 2.45) is 0 Å². The highest BCUT2D eigenvalue weighted by Gasteiger charge is 1.96. The zero-order valence-electron chi connectivity index (χ0n) is 9.51. The lowest BCUT2D eigenvalue weighted by molar-refractivity contribution is 0.475. The summed E-state index contributed by atoms with van der Waals surface area (Å²) in [5.74, 6) is 5.81. The topological polar surface area (TPSA) is 92.5 Å². The van der Waals surface area contributed by atoms with Crippen LogP contribution in [-0.4, -0.2) is 10.2 Å². The van der Waals surface area contributed by atoms with Gasteiger partial charge in [-0.2, -0.15) is 0 Å².